The van der Waals surface area contributed by atoms with Gasteiger partial charge in [-0.25, -0.2) is 0 Å². The molecule has 1 unspecified atom stereocenters. The van der Waals surface area contributed by atoms with E-state index in [0.717, 1.165) is 19.3 Å². The number of hydrogen-bond donors (Lipinski definition) is 0. The van der Waals surface area contributed by atoms with Gasteiger partial charge in [0, 0.05) is 11.8 Å². The van der Waals surface area contributed by atoms with E-state index in [4.69, 9.17) is 0 Å². The molecule has 0 bridgehead atoms. The standard InChI is InChI=1S/C12H22O/c1-5-6-7-8-9-11(4)12(13)10(2)3/h6-7,10-11H,5,8-9H2,1-4H3/b7-6-. The van der Waals surface area contributed by atoms with Gasteiger partial charge < -0.3 is 0 Å². The second kappa shape index (κ2) is 6.88. The Morgan fingerprint density at radius 2 is 1.85 bits per heavy atom. The van der Waals surface area contributed by atoms with Crippen molar-refractivity contribution in [2.24, 2.45) is 11.8 Å². The first kappa shape index (κ1) is 12.4. The lowest BCUT2D eigenvalue weighted by Crippen LogP contribution is -2.16. The summed E-state index contributed by atoms with van der Waals surface area (Å²) in [6.07, 6.45) is 7.45. The highest BCUT2D eigenvalue weighted by atomic mass is 16.1. The van der Waals surface area contributed by atoms with Gasteiger partial charge in [-0.1, -0.05) is 39.8 Å². The van der Waals surface area contributed by atoms with Crippen molar-refractivity contribution in [2.45, 2.75) is 47.0 Å². The van der Waals surface area contributed by atoms with E-state index in [1.165, 1.54) is 0 Å². The van der Waals surface area contributed by atoms with Gasteiger partial charge in [0.25, 0.3) is 0 Å². The second-order valence-corrected chi connectivity index (χ2v) is 3.92. The third-order valence-electron chi connectivity index (χ3n) is 2.22. The maximum absolute atomic E-state index is 11.5. The summed E-state index contributed by atoms with van der Waals surface area (Å²) in [7, 11) is 0. The van der Waals surface area contributed by atoms with E-state index in [2.05, 4.69) is 19.1 Å². The molecule has 1 nitrogen and oxygen atoms in total. The van der Waals surface area contributed by atoms with Crippen molar-refractivity contribution in [3.63, 3.8) is 0 Å². The Bertz CT molecular complexity index is 168. The summed E-state index contributed by atoms with van der Waals surface area (Å²) >= 11 is 0. The van der Waals surface area contributed by atoms with Crippen LogP contribution in [0.1, 0.15) is 47.0 Å². The Morgan fingerprint density at radius 3 is 2.31 bits per heavy atom. The lowest BCUT2D eigenvalue weighted by molar-refractivity contribution is -0.125. The third-order valence-corrected chi connectivity index (χ3v) is 2.22. The molecule has 13 heavy (non-hydrogen) atoms. The molecule has 0 aliphatic heterocycles. The average Bonchev–Trinajstić information content (AvgIpc) is 2.10. The Kier molecular flexibility index (Phi) is 6.56. The molecule has 0 amide bonds. The maximum Gasteiger partial charge on any atom is 0.138 e. The molecule has 0 aromatic carbocycles. The normalized spacial score (nSPS) is 13.9. The Hall–Kier alpha value is -0.590. The Morgan fingerprint density at radius 1 is 1.23 bits per heavy atom. The van der Waals surface area contributed by atoms with Crippen LogP contribution in [-0.2, 0) is 4.79 Å². The molecule has 0 aliphatic carbocycles. The van der Waals surface area contributed by atoms with Crippen LogP contribution in [0, 0.1) is 11.8 Å². The summed E-state index contributed by atoms with van der Waals surface area (Å²) in [5, 5.41) is 0. The van der Waals surface area contributed by atoms with E-state index < -0.39 is 0 Å². The predicted octanol–water partition coefficient (Wildman–Crippen LogP) is 3.59. The summed E-state index contributed by atoms with van der Waals surface area (Å²) in [5.41, 5.74) is 0. The quantitative estimate of drug-likeness (QED) is 0.574. The van der Waals surface area contributed by atoms with Gasteiger partial charge >= 0.3 is 0 Å². The molecule has 0 saturated heterocycles. The van der Waals surface area contributed by atoms with E-state index >= 15 is 0 Å². The molecule has 0 radical (unpaired) electrons. The van der Waals surface area contributed by atoms with Crippen molar-refractivity contribution in [3.8, 4) is 0 Å². The van der Waals surface area contributed by atoms with Gasteiger partial charge in [-0.05, 0) is 19.3 Å². The monoisotopic (exact) mass is 182 g/mol. The topological polar surface area (TPSA) is 17.1 Å². The minimum atomic E-state index is 0.185. The Labute approximate surface area is 82.2 Å². The molecule has 0 N–H and O–H groups in total. The van der Waals surface area contributed by atoms with Crippen molar-refractivity contribution in [3.05, 3.63) is 12.2 Å². The van der Waals surface area contributed by atoms with Crippen LogP contribution in [-0.4, -0.2) is 5.78 Å². The van der Waals surface area contributed by atoms with Crippen LogP contribution in [0.3, 0.4) is 0 Å². The molecular formula is C12H22O. The molecule has 76 valence electrons. The van der Waals surface area contributed by atoms with Gasteiger partial charge in [0.2, 0.25) is 0 Å². The van der Waals surface area contributed by atoms with Gasteiger partial charge in [0.1, 0.15) is 5.78 Å². The number of allylic oxidation sites excluding steroid dienone is 2. The highest BCUT2D eigenvalue weighted by molar-refractivity contribution is 5.82. The smallest absolute Gasteiger partial charge is 0.138 e. The maximum atomic E-state index is 11.5. The lowest BCUT2D eigenvalue weighted by atomic mass is 9.93. The fraction of sp³-hybridized carbons (Fsp3) is 0.750. The van der Waals surface area contributed by atoms with E-state index in [0.29, 0.717) is 5.78 Å². The van der Waals surface area contributed by atoms with Crippen molar-refractivity contribution in [1.29, 1.82) is 0 Å². The van der Waals surface area contributed by atoms with Crippen LogP contribution < -0.4 is 0 Å². The molecule has 0 heterocycles. The number of ketones is 1. The van der Waals surface area contributed by atoms with Crippen LogP contribution in [0.25, 0.3) is 0 Å². The summed E-state index contributed by atoms with van der Waals surface area (Å²) in [5.74, 6) is 0.802. The minimum absolute atomic E-state index is 0.185. The van der Waals surface area contributed by atoms with E-state index in [-0.39, 0.29) is 11.8 Å². The molecule has 0 aliphatic rings. The molecular weight excluding hydrogens is 160 g/mol. The van der Waals surface area contributed by atoms with Crippen molar-refractivity contribution in [1.82, 2.24) is 0 Å². The molecule has 0 rings (SSSR count). The molecule has 0 spiro atoms. The fourth-order valence-corrected chi connectivity index (χ4v) is 1.34. The zero-order valence-corrected chi connectivity index (χ0v) is 9.34. The summed E-state index contributed by atoms with van der Waals surface area (Å²) < 4.78 is 0. The number of hydrogen-bond acceptors (Lipinski definition) is 1. The molecule has 0 saturated carbocycles. The van der Waals surface area contributed by atoms with E-state index in [1.54, 1.807) is 0 Å². The number of rotatable bonds is 6. The predicted molar refractivity (Wildman–Crippen MR) is 57.7 cm³/mol. The molecule has 0 aromatic heterocycles. The van der Waals surface area contributed by atoms with E-state index in [9.17, 15) is 4.79 Å². The lowest BCUT2D eigenvalue weighted by Gasteiger charge is -2.11. The zero-order valence-electron chi connectivity index (χ0n) is 9.34. The molecule has 0 fully saturated rings. The molecule has 0 aromatic rings. The highest BCUT2D eigenvalue weighted by Gasteiger charge is 2.14. The van der Waals surface area contributed by atoms with Gasteiger partial charge in [0.05, 0.1) is 0 Å². The number of Topliss-reactive ketones (excluding diaryl/α,β-unsaturated/α-hetero) is 1. The summed E-state index contributed by atoms with van der Waals surface area (Å²) in [4.78, 5) is 11.5. The second-order valence-electron chi connectivity index (χ2n) is 3.92. The van der Waals surface area contributed by atoms with Gasteiger partial charge in [-0.3, -0.25) is 4.79 Å². The highest BCUT2D eigenvalue weighted by Crippen LogP contribution is 2.12. The first-order valence-corrected chi connectivity index (χ1v) is 5.28. The van der Waals surface area contributed by atoms with Crippen LogP contribution >= 0.6 is 0 Å². The van der Waals surface area contributed by atoms with Crippen LogP contribution in [0.5, 0.6) is 0 Å². The minimum Gasteiger partial charge on any atom is -0.299 e. The zero-order chi connectivity index (χ0) is 10.3. The van der Waals surface area contributed by atoms with Crippen molar-refractivity contribution >= 4 is 5.78 Å². The fourth-order valence-electron chi connectivity index (χ4n) is 1.34. The van der Waals surface area contributed by atoms with Crippen LogP contribution in [0.2, 0.25) is 0 Å². The van der Waals surface area contributed by atoms with Gasteiger partial charge in [-0.15, -0.1) is 0 Å². The largest absolute Gasteiger partial charge is 0.299 e. The van der Waals surface area contributed by atoms with E-state index in [1.807, 2.05) is 20.8 Å². The number of carbonyl (C=O) groups is 1. The SMILES string of the molecule is CC/C=C\CCC(C)C(=O)C(C)C. The third kappa shape index (κ3) is 5.62. The van der Waals surface area contributed by atoms with Crippen molar-refractivity contribution in [2.75, 3.05) is 0 Å². The summed E-state index contributed by atoms with van der Waals surface area (Å²) in [6.45, 7) is 8.10. The number of carbonyl (C=O) groups excluding carboxylic acids is 1. The summed E-state index contributed by atoms with van der Waals surface area (Å²) in [6, 6.07) is 0. The molecule has 1 atom stereocenters. The van der Waals surface area contributed by atoms with Gasteiger partial charge in [0.15, 0.2) is 0 Å². The first-order chi connectivity index (χ1) is 6.09. The first-order valence-electron chi connectivity index (χ1n) is 5.28. The Balaban J connectivity index is 3.68. The average molecular weight is 182 g/mol. The van der Waals surface area contributed by atoms with Gasteiger partial charge in [-0.2, -0.15) is 0 Å². The van der Waals surface area contributed by atoms with Crippen molar-refractivity contribution < 1.29 is 4.79 Å². The van der Waals surface area contributed by atoms with Crippen LogP contribution in [0.4, 0.5) is 0 Å². The molecule has 1 heteroatoms. The van der Waals surface area contributed by atoms with Crippen LogP contribution in [0.15, 0.2) is 12.2 Å².